The average Bonchev–Trinajstić information content (AvgIpc) is 2.21. The lowest BCUT2D eigenvalue weighted by atomic mass is 10.2. The van der Waals surface area contributed by atoms with Crippen molar-refractivity contribution in [2.45, 2.75) is 13.3 Å². The highest BCUT2D eigenvalue weighted by Crippen LogP contribution is 1.98. The zero-order valence-electron chi connectivity index (χ0n) is 8.92. The molecule has 14 heavy (non-hydrogen) atoms. The molecule has 0 fully saturated rings. The molecule has 3 heteroatoms. The summed E-state index contributed by atoms with van der Waals surface area (Å²) < 4.78 is 4.93. The highest BCUT2D eigenvalue weighted by molar-refractivity contribution is 5.12. The Hall–Kier alpha value is -0.930. The normalized spacial score (nSPS) is 10.4. The molecule has 3 nitrogen and oxygen atoms in total. The minimum Gasteiger partial charge on any atom is -0.383 e. The second-order valence-corrected chi connectivity index (χ2v) is 3.32. The highest BCUT2D eigenvalue weighted by Gasteiger charge is 1.93. The van der Waals surface area contributed by atoms with E-state index in [1.54, 1.807) is 7.11 Å². The van der Waals surface area contributed by atoms with Gasteiger partial charge in [0.2, 0.25) is 0 Å². The van der Waals surface area contributed by atoms with Crippen molar-refractivity contribution in [2.75, 3.05) is 26.8 Å². The molecule has 1 heterocycles. The Balaban J connectivity index is 2.15. The maximum Gasteiger partial charge on any atom is 0.0587 e. The van der Waals surface area contributed by atoms with Crippen LogP contribution < -0.4 is 5.32 Å². The molecule has 0 atom stereocenters. The van der Waals surface area contributed by atoms with Crippen LogP contribution >= 0.6 is 0 Å². The van der Waals surface area contributed by atoms with Crippen LogP contribution in [0.25, 0.3) is 0 Å². The fourth-order valence-electron chi connectivity index (χ4n) is 1.16. The molecule has 0 amide bonds. The monoisotopic (exact) mass is 194 g/mol. The molecule has 0 aliphatic heterocycles. The molecule has 0 bridgehead atoms. The van der Waals surface area contributed by atoms with E-state index in [1.165, 1.54) is 5.56 Å². The van der Waals surface area contributed by atoms with Gasteiger partial charge >= 0.3 is 0 Å². The SMILES string of the molecule is COCCNCCc1ccc(C)cn1. The van der Waals surface area contributed by atoms with E-state index in [2.05, 4.69) is 22.4 Å². The Morgan fingerprint density at radius 1 is 1.36 bits per heavy atom. The highest BCUT2D eigenvalue weighted by atomic mass is 16.5. The smallest absolute Gasteiger partial charge is 0.0587 e. The lowest BCUT2D eigenvalue weighted by Crippen LogP contribution is -2.21. The van der Waals surface area contributed by atoms with Crippen LogP contribution in [0.5, 0.6) is 0 Å². The standard InChI is InChI=1S/C11H18N2O/c1-10-3-4-11(13-9-10)5-6-12-7-8-14-2/h3-4,9,12H,5-8H2,1-2H3. The summed E-state index contributed by atoms with van der Waals surface area (Å²) in [6.07, 6.45) is 2.88. The number of nitrogens with zero attached hydrogens (tertiary/aromatic N) is 1. The third-order valence-electron chi connectivity index (χ3n) is 2.01. The summed E-state index contributed by atoms with van der Waals surface area (Å²) >= 11 is 0. The molecule has 0 unspecified atom stereocenters. The van der Waals surface area contributed by atoms with E-state index in [0.29, 0.717) is 0 Å². The van der Waals surface area contributed by atoms with Crippen LogP contribution in [0, 0.1) is 6.92 Å². The van der Waals surface area contributed by atoms with Crippen molar-refractivity contribution in [3.63, 3.8) is 0 Å². The molecule has 1 rings (SSSR count). The first-order valence-electron chi connectivity index (χ1n) is 4.94. The molecule has 0 spiro atoms. The molecule has 1 aromatic rings. The zero-order valence-corrected chi connectivity index (χ0v) is 8.92. The summed E-state index contributed by atoms with van der Waals surface area (Å²) in [5.74, 6) is 0. The van der Waals surface area contributed by atoms with Crippen LogP contribution in [-0.2, 0) is 11.2 Å². The maximum absolute atomic E-state index is 4.93. The second kappa shape index (κ2) is 6.51. The molecule has 0 aliphatic rings. The largest absolute Gasteiger partial charge is 0.383 e. The van der Waals surface area contributed by atoms with E-state index >= 15 is 0 Å². The first-order chi connectivity index (χ1) is 6.83. The molecular weight excluding hydrogens is 176 g/mol. The second-order valence-electron chi connectivity index (χ2n) is 3.32. The van der Waals surface area contributed by atoms with Crippen LogP contribution in [0.2, 0.25) is 0 Å². The predicted octanol–water partition coefficient (Wildman–Crippen LogP) is 1.17. The summed E-state index contributed by atoms with van der Waals surface area (Å²) in [7, 11) is 1.71. The van der Waals surface area contributed by atoms with Crippen molar-refractivity contribution < 1.29 is 4.74 Å². The maximum atomic E-state index is 4.93. The van der Waals surface area contributed by atoms with Crippen LogP contribution in [0.1, 0.15) is 11.3 Å². The van der Waals surface area contributed by atoms with Crippen LogP contribution in [0.3, 0.4) is 0 Å². The number of ether oxygens (including phenoxy) is 1. The number of pyridine rings is 1. The molecule has 0 aromatic carbocycles. The quantitative estimate of drug-likeness (QED) is 0.690. The molecular formula is C11H18N2O. The van der Waals surface area contributed by atoms with Gasteiger partial charge in [-0.2, -0.15) is 0 Å². The van der Waals surface area contributed by atoms with E-state index < -0.39 is 0 Å². The third kappa shape index (κ3) is 4.35. The number of aromatic nitrogens is 1. The Bertz CT molecular complexity index is 246. The minimum atomic E-state index is 0.765. The minimum absolute atomic E-state index is 0.765. The lowest BCUT2D eigenvalue weighted by molar-refractivity contribution is 0.199. The van der Waals surface area contributed by atoms with Crippen molar-refractivity contribution in [3.8, 4) is 0 Å². The molecule has 0 saturated carbocycles. The molecule has 1 N–H and O–H groups in total. The van der Waals surface area contributed by atoms with Crippen molar-refractivity contribution in [3.05, 3.63) is 29.6 Å². The van der Waals surface area contributed by atoms with Gasteiger partial charge in [-0.05, 0) is 18.6 Å². The Labute approximate surface area is 85.5 Å². The number of aryl methyl sites for hydroxylation is 1. The Morgan fingerprint density at radius 3 is 2.86 bits per heavy atom. The summed E-state index contributed by atoms with van der Waals surface area (Å²) in [6, 6.07) is 4.17. The third-order valence-corrected chi connectivity index (χ3v) is 2.01. The van der Waals surface area contributed by atoms with Gasteiger partial charge in [0.05, 0.1) is 6.61 Å². The topological polar surface area (TPSA) is 34.1 Å². The first-order valence-corrected chi connectivity index (χ1v) is 4.94. The fraction of sp³-hybridized carbons (Fsp3) is 0.545. The van der Waals surface area contributed by atoms with Gasteiger partial charge in [-0.25, -0.2) is 0 Å². The summed E-state index contributed by atoms with van der Waals surface area (Å²) in [5.41, 5.74) is 2.35. The van der Waals surface area contributed by atoms with E-state index in [4.69, 9.17) is 4.74 Å². The fourth-order valence-corrected chi connectivity index (χ4v) is 1.16. The summed E-state index contributed by atoms with van der Waals surface area (Å²) in [6.45, 7) is 4.68. The van der Waals surface area contributed by atoms with Crippen LogP contribution in [-0.4, -0.2) is 31.8 Å². The van der Waals surface area contributed by atoms with Gasteiger partial charge in [-0.3, -0.25) is 4.98 Å². The number of nitrogens with one attached hydrogen (secondary N) is 1. The molecule has 78 valence electrons. The number of hydrogen-bond donors (Lipinski definition) is 1. The predicted molar refractivity (Wildman–Crippen MR) is 57.4 cm³/mol. The zero-order chi connectivity index (χ0) is 10.2. The van der Waals surface area contributed by atoms with Crippen molar-refractivity contribution in [1.82, 2.24) is 10.3 Å². The van der Waals surface area contributed by atoms with Crippen LogP contribution in [0.15, 0.2) is 18.3 Å². The van der Waals surface area contributed by atoms with E-state index in [9.17, 15) is 0 Å². The van der Waals surface area contributed by atoms with Gasteiger partial charge in [-0.1, -0.05) is 6.07 Å². The van der Waals surface area contributed by atoms with Crippen molar-refractivity contribution >= 4 is 0 Å². The van der Waals surface area contributed by atoms with Crippen molar-refractivity contribution in [1.29, 1.82) is 0 Å². The molecule has 0 saturated heterocycles. The van der Waals surface area contributed by atoms with Gasteiger partial charge in [-0.15, -0.1) is 0 Å². The van der Waals surface area contributed by atoms with E-state index in [0.717, 1.165) is 31.8 Å². The summed E-state index contributed by atoms with van der Waals surface area (Å²) in [5, 5.41) is 3.28. The van der Waals surface area contributed by atoms with E-state index in [-0.39, 0.29) is 0 Å². The number of methoxy groups -OCH3 is 1. The van der Waals surface area contributed by atoms with Gasteiger partial charge in [0.25, 0.3) is 0 Å². The average molecular weight is 194 g/mol. The van der Waals surface area contributed by atoms with Gasteiger partial charge < -0.3 is 10.1 Å². The Morgan fingerprint density at radius 2 is 2.21 bits per heavy atom. The van der Waals surface area contributed by atoms with Crippen molar-refractivity contribution in [2.24, 2.45) is 0 Å². The summed E-state index contributed by atoms with van der Waals surface area (Å²) in [4.78, 5) is 4.32. The van der Waals surface area contributed by atoms with Gasteiger partial charge in [0.1, 0.15) is 0 Å². The molecule has 0 aliphatic carbocycles. The first kappa shape index (κ1) is 11.1. The van der Waals surface area contributed by atoms with Gasteiger partial charge in [0, 0.05) is 38.5 Å². The number of rotatable bonds is 6. The molecule has 1 aromatic heterocycles. The van der Waals surface area contributed by atoms with Crippen LogP contribution in [0.4, 0.5) is 0 Å². The van der Waals surface area contributed by atoms with Gasteiger partial charge in [0.15, 0.2) is 0 Å². The molecule has 0 radical (unpaired) electrons. The van der Waals surface area contributed by atoms with E-state index in [1.807, 2.05) is 13.1 Å². The number of hydrogen-bond acceptors (Lipinski definition) is 3. The Kier molecular flexibility index (Phi) is 5.19. The lowest BCUT2D eigenvalue weighted by Gasteiger charge is -2.03.